The summed E-state index contributed by atoms with van der Waals surface area (Å²) in [6.07, 6.45) is 3.80. The van der Waals surface area contributed by atoms with E-state index in [1.54, 1.807) is 10.8 Å². The lowest BCUT2D eigenvalue weighted by atomic mass is 10.00. The fourth-order valence-electron chi connectivity index (χ4n) is 4.76. The number of rotatable bonds is 6. The molecule has 3 heterocycles. The standard InChI is InChI=1S/C19H23F2N5O2S/c1-2-10-7-11(25-29(27,28)12-3-4-12)8-15(10)26-16-13-5-6-22-18(13)23-9-14(16)24-19(26)17(20)21/h5-6,9-12,15,17,25H,2-4,7-8H2,1H3,(H,22,23). The van der Waals surface area contributed by atoms with Crippen molar-refractivity contribution >= 4 is 32.1 Å². The second kappa shape index (κ2) is 6.73. The van der Waals surface area contributed by atoms with Crippen LogP contribution in [-0.4, -0.2) is 39.2 Å². The molecule has 3 aromatic heterocycles. The number of hydrogen-bond donors (Lipinski definition) is 2. The minimum absolute atomic E-state index is 0.0824. The van der Waals surface area contributed by atoms with Crippen molar-refractivity contribution in [1.29, 1.82) is 0 Å². The summed E-state index contributed by atoms with van der Waals surface area (Å²) >= 11 is 0. The molecule has 2 N–H and O–H groups in total. The van der Waals surface area contributed by atoms with Crippen LogP contribution in [0.4, 0.5) is 8.78 Å². The Morgan fingerprint density at radius 1 is 1.34 bits per heavy atom. The summed E-state index contributed by atoms with van der Waals surface area (Å²) in [5, 5.41) is 0.455. The summed E-state index contributed by atoms with van der Waals surface area (Å²) in [4.78, 5) is 11.5. The molecule has 3 aromatic rings. The monoisotopic (exact) mass is 423 g/mol. The average Bonchev–Trinajstić information content (AvgIpc) is 3.14. The zero-order valence-electron chi connectivity index (χ0n) is 16.0. The van der Waals surface area contributed by atoms with Gasteiger partial charge in [-0.3, -0.25) is 0 Å². The van der Waals surface area contributed by atoms with Gasteiger partial charge in [0.05, 0.1) is 17.0 Å². The second-order valence-corrected chi connectivity index (χ2v) is 10.1. The third-order valence-electron chi connectivity index (χ3n) is 6.26. The minimum atomic E-state index is -3.33. The van der Waals surface area contributed by atoms with Gasteiger partial charge in [0.15, 0.2) is 5.82 Å². The number of H-pyrrole nitrogens is 1. The zero-order chi connectivity index (χ0) is 20.3. The Morgan fingerprint density at radius 2 is 2.14 bits per heavy atom. The first-order chi connectivity index (χ1) is 13.9. The van der Waals surface area contributed by atoms with E-state index in [0.29, 0.717) is 42.4 Å². The van der Waals surface area contributed by atoms with E-state index in [1.807, 2.05) is 13.0 Å². The molecule has 0 bridgehead atoms. The van der Waals surface area contributed by atoms with Gasteiger partial charge in [0, 0.05) is 23.7 Å². The maximum atomic E-state index is 13.9. The van der Waals surface area contributed by atoms with Gasteiger partial charge in [0.2, 0.25) is 10.0 Å². The van der Waals surface area contributed by atoms with Gasteiger partial charge in [-0.05, 0) is 37.7 Å². The number of aromatic amines is 1. The molecule has 7 nitrogen and oxygen atoms in total. The van der Waals surface area contributed by atoms with E-state index < -0.39 is 16.4 Å². The Bertz CT molecular complexity index is 1170. The van der Waals surface area contributed by atoms with Crippen molar-refractivity contribution < 1.29 is 17.2 Å². The Hall–Kier alpha value is -2.07. The van der Waals surface area contributed by atoms with Crippen LogP contribution in [0.1, 0.15) is 57.3 Å². The molecule has 0 aliphatic heterocycles. The Labute approximate surface area is 167 Å². The Balaban J connectivity index is 1.59. The van der Waals surface area contributed by atoms with Gasteiger partial charge in [0.1, 0.15) is 11.2 Å². The smallest absolute Gasteiger partial charge is 0.295 e. The van der Waals surface area contributed by atoms with Crippen molar-refractivity contribution in [3.63, 3.8) is 0 Å². The van der Waals surface area contributed by atoms with E-state index in [2.05, 4.69) is 19.7 Å². The molecule has 5 rings (SSSR count). The Kier molecular flexibility index (Phi) is 4.39. The predicted molar refractivity (Wildman–Crippen MR) is 105 cm³/mol. The van der Waals surface area contributed by atoms with Crippen LogP contribution in [0.15, 0.2) is 18.5 Å². The molecule has 10 heteroatoms. The predicted octanol–water partition coefficient (Wildman–Crippen LogP) is 3.66. The lowest BCUT2D eigenvalue weighted by Crippen LogP contribution is -2.35. The molecule has 29 heavy (non-hydrogen) atoms. The fourth-order valence-corrected chi connectivity index (χ4v) is 6.37. The van der Waals surface area contributed by atoms with Crippen molar-refractivity contribution in [2.75, 3.05) is 0 Å². The first kappa shape index (κ1) is 18.9. The van der Waals surface area contributed by atoms with E-state index >= 15 is 0 Å². The minimum Gasteiger partial charge on any atom is -0.346 e. The third kappa shape index (κ3) is 3.13. The van der Waals surface area contributed by atoms with Crippen molar-refractivity contribution in [2.24, 2.45) is 5.92 Å². The van der Waals surface area contributed by atoms with Gasteiger partial charge >= 0.3 is 0 Å². The van der Waals surface area contributed by atoms with Gasteiger partial charge < -0.3 is 9.55 Å². The highest BCUT2D eigenvalue weighted by molar-refractivity contribution is 7.90. The van der Waals surface area contributed by atoms with Gasteiger partial charge in [-0.25, -0.2) is 31.9 Å². The fraction of sp³-hybridized carbons (Fsp3) is 0.579. The van der Waals surface area contributed by atoms with E-state index in [1.165, 1.54) is 6.20 Å². The zero-order valence-corrected chi connectivity index (χ0v) is 16.8. The van der Waals surface area contributed by atoms with Crippen molar-refractivity contribution in [2.45, 2.75) is 62.8 Å². The Morgan fingerprint density at radius 3 is 2.83 bits per heavy atom. The summed E-state index contributed by atoms with van der Waals surface area (Å²) in [7, 11) is -3.33. The summed E-state index contributed by atoms with van der Waals surface area (Å²) in [6.45, 7) is 2.02. The molecular weight excluding hydrogens is 400 g/mol. The van der Waals surface area contributed by atoms with E-state index in [9.17, 15) is 17.2 Å². The van der Waals surface area contributed by atoms with Crippen molar-refractivity contribution in [1.82, 2.24) is 24.2 Å². The first-order valence-corrected chi connectivity index (χ1v) is 11.6. The van der Waals surface area contributed by atoms with Crippen LogP contribution in [0.3, 0.4) is 0 Å². The second-order valence-electron chi connectivity index (χ2n) is 8.14. The van der Waals surface area contributed by atoms with Crippen LogP contribution < -0.4 is 4.72 Å². The van der Waals surface area contributed by atoms with Crippen LogP contribution in [0.2, 0.25) is 0 Å². The SMILES string of the molecule is CCC1CC(NS(=O)(=O)C2CC2)CC1n1c(C(F)F)nc2cnc3[nH]ccc3c21. The molecule has 0 spiro atoms. The molecule has 2 aliphatic rings. The number of fused-ring (bicyclic) bond motifs is 3. The molecule has 3 unspecified atom stereocenters. The number of pyridine rings is 1. The normalized spacial score (nSPS) is 25.6. The molecule has 0 amide bonds. The van der Waals surface area contributed by atoms with Crippen LogP contribution in [0, 0.1) is 5.92 Å². The van der Waals surface area contributed by atoms with Crippen LogP contribution in [0.5, 0.6) is 0 Å². The molecule has 2 fully saturated rings. The van der Waals surface area contributed by atoms with E-state index in [-0.39, 0.29) is 29.1 Å². The maximum absolute atomic E-state index is 13.9. The van der Waals surface area contributed by atoms with Crippen molar-refractivity contribution in [3.05, 3.63) is 24.3 Å². The van der Waals surface area contributed by atoms with Crippen LogP contribution in [-0.2, 0) is 10.0 Å². The van der Waals surface area contributed by atoms with Gasteiger partial charge in [-0.1, -0.05) is 13.3 Å². The molecule has 2 aliphatic carbocycles. The van der Waals surface area contributed by atoms with Gasteiger partial charge in [-0.15, -0.1) is 0 Å². The quantitative estimate of drug-likeness (QED) is 0.633. The van der Waals surface area contributed by atoms with E-state index in [0.717, 1.165) is 11.8 Å². The summed E-state index contributed by atoms with van der Waals surface area (Å²) < 4.78 is 57.2. The number of aromatic nitrogens is 4. The highest BCUT2D eigenvalue weighted by Crippen LogP contribution is 2.43. The summed E-state index contributed by atoms with van der Waals surface area (Å²) in [5.41, 5.74) is 1.70. The van der Waals surface area contributed by atoms with E-state index in [4.69, 9.17) is 0 Å². The highest BCUT2D eigenvalue weighted by atomic mass is 32.2. The maximum Gasteiger partial charge on any atom is 0.295 e. The number of halogens is 2. The molecule has 0 aromatic carbocycles. The number of hydrogen-bond acceptors (Lipinski definition) is 4. The van der Waals surface area contributed by atoms with Gasteiger partial charge in [-0.2, -0.15) is 0 Å². The summed E-state index contributed by atoms with van der Waals surface area (Å²) in [6, 6.07) is 1.32. The number of nitrogens with one attached hydrogen (secondary N) is 2. The number of nitrogens with zero attached hydrogens (tertiary/aromatic N) is 3. The summed E-state index contributed by atoms with van der Waals surface area (Å²) in [5.74, 6) is -0.191. The average molecular weight is 423 g/mol. The first-order valence-electron chi connectivity index (χ1n) is 10.0. The molecule has 2 saturated carbocycles. The number of imidazole rings is 1. The number of alkyl halides is 2. The molecular formula is C19H23F2N5O2S. The topological polar surface area (TPSA) is 92.7 Å². The van der Waals surface area contributed by atoms with Crippen LogP contribution >= 0.6 is 0 Å². The molecule has 3 atom stereocenters. The highest BCUT2D eigenvalue weighted by Gasteiger charge is 2.42. The van der Waals surface area contributed by atoms with Crippen molar-refractivity contribution in [3.8, 4) is 0 Å². The number of sulfonamides is 1. The third-order valence-corrected chi connectivity index (χ3v) is 8.28. The molecule has 0 radical (unpaired) electrons. The lowest BCUT2D eigenvalue weighted by Gasteiger charge is -2.23. The van der Waals surface area contributed by atoms with Gasteiger partial charge in [0.25, 0.3) is 6.43 Å². The lowest BCUT2D eigenvalue weighted by molar-refractivity contribution is 0.131. The largest absolute Gasteiger partial charge is 0.346 e. The molecule has 156 valence electrons. The molecule has 0 saturated heterocycles. The van der Waals surface area contributed by atoms with Crippen LogP contribution in [0.25, 0.3) is 22.1 Å².